The van der Waals surface area contributed by atoms with Gasteiger partial charge in [-0.05, 0) is 19.1 Å². The zero-order chi connectivity index (χ0) is 14.7. The minimum Gasteiger partial charge on any atom is -0.444 e. The number of rotatable bonds is 5. The molecule has 0 bridgehead atoms. The van der Waals surface area contributed by atoms with E-state index in [0.717, 1.165) is 17.1 Å². The monoisotopic (exact) mass is 283 g/mol. The predicted molar refractivity (Wildman–Crippen MR) is 78.2 cm³/mol. The summed E-state index contributed by atoms with van der Waals surface area (Å²) >= 11 is 0. The Morgan fingerprint density at radius 2 is 2.10 bits per heavy atom. The molecule has 3 rings (SSSR count). The fourth-order valence-corrected chi connectivity index (χ4v) is 2.13. The molecule has 21 heavy (non-hydrogen) atoms. The van der Waals surface area contributed by atoms with Crippen molar-refractivity contribution >= 4 is 0 Å². The van der Waals surface area contributed by atoms with Crippen molar-refractivity contribution in [2.45, 2.75) is 19.5 Å². The maximum Gasteiger partial charge on any atom is 0.226 e. The van der Waals surface area contributed by atoms with Crippen LogP contribution in [0.3, 0.4) is 0 Å². The van der Waals surface area contributed by atoms with E-state index >= 15 is 0 Å². The fourth-order valence-electron chi connectivity index (χ4n) is 2.13. The first kappa shape index (κ1) is 13.5. The normalized spacial score (nSPS) is 12.5. The minimum atomic E-state index is 0.0920. The van der Waals surface area contributed by atoms with E-state index in [1.54, 1.807) is 12.6 Å². The number of aryl methyl sites for hydroxylation is 1. The third-order valence-corrected chi connectivity index (χ3v) is 3.30. The van der Waals surface area contributed by atoms with Gasteiger partial charge < -0.3 is 14.3 Å². The molecule has 0 spiro atoms. The van der Waals surface area contributed by atoms with Gasteiger partial charge in [-0.1, -0.05) is 18.2 Å². The first-order valence-electron chi connectivity index (χ1n) is 6.81. The highest BCUT2D eigenvalue weighted by atomic mass is 16.3. The van der Waals surface area contributed by atoms with Gasteiger partial charge in [0.15, 0.2) is 0 Å². The first-order chi connectivity index (χ1) is 10.2. The van der Waals surface area contributed by atoms with Crippen molar-refractivity contribution in [1.29, 1.82) is 0 Å². The van der Waals surface area contributed by atoms with E-state index in [4.69, 9.17) is 4.42 Å². The number of hydrogen-bond donors (Lipinski definition) is 1. The Kier molecular flexibility index (Phi) is 3.79. The Balaban J connectivity index is 1.64. The van der Waals surface area contributed by atoms with Gasteiger partial charge in [-0.15, -0.1) is 10.2 Å². The Bertz CT molecular complexity index is 704. The second-order valence-corrected chi connectivity index (χ2v) is 4.91. The number of oxazole rings is 1. The lowest BCUT2D eigenvalue weighted by atomic mass is 10.2. The Morgan fingerprint density at radius 3 is 2.81 bits per heavy atom. The second-order valence-electron chi connectivity index (χ2n) is 4.91. The molecule has 6 nitrogen and oxygen atoms in total. The van der Waals surface area contributed by atoms with E-state index in [1.807, 2.05) is 48.9 Å². The molecule has 108 valence electrons. The van der Waals surface area contributed by atoms with Gasteiger partial charge in [0.2, 0.25) is 5.89 Å². The zero-order valence-electron chi connectivity index (χ0n) is 12.0. The lowest BCUT2D eigenvalue weighted by Gasteiger charge is -2.11. The molecule has 0 fully saturated rings. The van der Waals surface area contributed by atoms with Crippen LogP contribution in [0.25, 0.3) is 11.5 Å². The van der Waals surface area contributed by atoms with Crippen LogP contribution < -0.4 is 5.32 Å². The molecule has 0 aliphatic rings. The van der Waals surface area contributed by atoms with Gasteiger partial charge in [-0.25, -0.2) is 4.98 Å². The molecular weight excluding hydrogens is 266 g/mol. The summed E-state index contributed by atoms with van der Waals surface area (Å²) in [5.74, 6) is 1.53. The quantitative estimate of drug-likeness (QED) is 0.778. The third kappa shape index (κ3) is 3.00. The highest BCUT2D eigenvalue weighted by Gasteiger charge is 2.12. The van der Waals surface area contributed by atoms with Crippen molar-refractivity contribution < 1.29 is 4.42 Å². The summed E-state index contributed by atoms with van der Waals surface area (Å²) in [6, 6.07) is 9.95. The van der Waals surface area contributed by atoms with Crippen LogP contribution in [-0.2, 0) is 13.6 Å². The van der Waals surface area contributed by atoms with Gasteiger partial charge in [0.1, 0.15) is 18.4 Å². The van der Waals surface area contributed by atoms with Crippen LogP contribution in [0.4, 0.5) is 0 Å². The van der Waals surface area contributed by atoms with Crippen molar-refractivity contribution in [2.75, 3.05) is 0 Å². The van der Waals surface area contributed by atoms with E-state index in [9.17, 15) is 0 Å². The molecule has 0 aliphatic heterocycles. The number of nitrogens with one attached hydrogen (secondary N) is 1. The number of benzene rings is 1. The molecule has 3 aromatic rings. The Morgan fingerprint density at radius 1 is 1.29 bits per heavy atom. The van der Waals surface area contributed by atoms with E-state index in [-0.39, 0.29) is 6.04 Å². The molecule has 1 N–H and O–H groups in total. The molecule has 0 saturated heterocycles. The highest BCUT2D eigenvalue weighted by molar-refractivity contribution is 5.52. The number of hydrogen-bond acceptors (Lipinski definition) is 5. The van der Waals surface area contributed by atoms with Crippen LogP contribution in [0, 0.1) is 0 Å². The van der Waals surface area contributed by atoms with Crippen LogP contribution in [0.1, 0.15) is 24.5 Å². The molecule has 1 unspecified atom stereocenters. The Labute approximate surface area is 122 Å². The SMILES string of the molecule is CC(NCc1coc(-c2ccccc2)n1)c1nncn1C. The molecular formula is C15H17N5O. The minimum absolute atomic E-state index is 0.0920. The average Bonchev–Trinajstić information content (AvgIpc) is 3.15. The van der Waals surface area contributed by atoms with Gasteiger partial charge in [0.05, 0.1) is 11.7 Å². The van der Waals surface area contributed by atoms with Gasteiger partial charge in [-0.3, -0.25) is 0 Å². The van der Waals surface area contributed by atoms with Gasteiger partial charge in [0, 0.05) is 19.2 Å². The smallest absolute Gasteiger partial charge is 0.226 e. The molecule has 0 radical (unpaired) electrons. The average molecular weight is 283 g/mol. The van der Waals surface area contributed by atoms with E-state index in [0.29, 0.717) is 12.4 Å². The van der Waals surface area contributed by atoms with Crippen LogP contribution in [0.5, 0.6) is 0 Å². The standard InChI is InChI=1S/C15H17N5O/c1-11(14-19-17-10-20(14)2)16-8-13-9-21-15(18-13)12-6-4-3-5-7-12/h3-7,9-11,16H,8H2,1-2H3. The molecule has 0 aliphatic carbocycles. The molecule has 1 aromatic carbocycles. The van der Waals surface area contributed by atoms with E-state index < -0.39 is 0 Å². The summed E-state index contributed by atoms with van der Waals surface area (Å²) in [7, 11) is 1.93. The van der Waals surface area contributed by atoms with Gasteiger partial charge >= 0.3 is 0 Å². The second kappa shape index (κ2) is 5.88. The molecule has 0 amide bonds. The van der Waals surface area contributed by atoms with Crippen LogP contribution in [0.15, 0.2) is 47.3 Å². The molecule has 2 aromatic heterocycles. The lowest BCUT2D eigenvalue weighted by Crippen LogP contribution is -2.21. The summed E-state index contributed by atoms with van der Waals surface area (Å²) in [5, 5.41) is 11.3. The Hall–Kier alpha value is -2.47. The predicted octanol–water partition coefficient (Wildman–Crippen LogP) is 2.32. The maximum atomic E-state index is 5.51. The highest BCUT2D eigenvalue weighted by Crippen LogP contribution is 2.18. The van der Waals surface area contributed by atoms with Crippen molar-refractivity contribution in [3.8, 4) is 11.5 Å². The van der Waals surface area contributed by atoms with E-state index in [2.05, 4.69) is 20.5 Å². The number of nitrogens with zero attached hydrogens (tertiary/aromatic N) is 4. The molecule has 2 heterocycles. The molecule has 1 atom stereocenters. The maximum absolute atomic E-state index is 5.51. The largest absolute Gasteiger partial charge is 0.444 e. The topological polar surface area (TPSA) is 68.8 Å². The zero-order valence-corrected chi connectivity index (χ0v) is 12.0. The third-order valence-electron chi connectivity index (χ3n) is 3.30. The molecule has 6 heteroatoms. The summed E-state index contributed by atoms with van der Waals surface area (Å²) in [5.41, 5.74) is 1.84. The first-order valence-corrected chi connectivity index (χ1v) is 6.81. The van der Waals surface area contributed by atoms with Gasteiger partial charge in [0.25, 0.3) is 0 Å². The summed E-state index contributed by atoms with van der Waals surface area (Å²) in [4.78, 5) is 4.48. The van der Waals surface area contributed by atoms with Crippen molar-refractivity contribution in [3.05, 3.63) is 54.4 Å². The van der Waals surface area contributed by atoms with Crippen molar-refractivity contribution in [3.63, 3.8) is 0 Å². The lowest BCUT2D eigenvalue weighted by molar-refractivity contribution is 0.520. The fraction of sp³-hybridized carbons (Fsp3) is 0.267. The summed E-state index contributed by atoms with van der Waals surface area (Å²) < 4.78 is 7.41. The summed E-state index contributed by atoms with van der Waals surface area (Å²) in [6.07, 6.45) is 3.37. The number of aromatic nitrogens is 4. The van der Waals surface area contributed by atoms with Crippen molar-refractivity contribution in [2.24, 2.45) is 7.05 Å². The summed E-state index contributed by atoms with van der Waals surface area (Å²) in [6.45, 7) is 2.66. The van der Waals surface area contributed by atoms with Crippen LogP contribution in [0.2, 0.25) is 0 Å². The molecule has 0 saturated carbocycles. The van der Waals surface area contributed by atoms with Crippen molar-refractivity contribution in [1.82, 2.24) is 25.1 Å². The van der Waals surface area contributed by atoms with Gasteiger partial charge in [-0.2, -0.15) is 0 Å². The van der Waals surface area contributed by atoms with E-state index in [1.165, 1.54) is 0 Å². The van der Waals surface area contributed by atoms with Crippen LogP contribution in [-0.4, -0.2) is 19.7 Å². The van der Waals surface area contributed by atoms with Crippen LogP contribution >= 0.6 is 0 Å².